The monoisotopic (exact) mass is 293 g/mol. The molecule has 0 fully saturated rings. The third kappa shape index (κ3) is 5.97. The number of hydrogen-bond acceptors (Lipinski definition) is 5. The molecule has 0 spiro atoms. The number of primary amides is 1. The fourth-order valence-electron chi connectivity index (χ4n) is 1.96. The molecule has 0 saturated carbocycles. The second-order valence-corrected chi connectivity index (χ2v) is 6.23. The number of nitrogens with zero attached hydrogens (tertiary/aromatic N) is 2. The molecular weight excluding hydrogens is 266 g/mol. The zero-order chi connectivity index (χ0) is 16.0. The first-order valence-corrected chi connectivity index (χ1v) is 7.43. The van der Waals surface area contributed by atoms with Gasteiger partial charge in [0.05, 0.1) is 0 Å². The van der Waals surface area contributed by atoms with E-state index in [1.807, 2.05) is 19.9 Å². The van der Waals surface area contributed by atoms with Crippen LogP contribution < -0.4 is 16.4 Å². The topological polar surface area (TPSA) is 92.9 Å². The first-order valence-electron chi connectivity index (χ1n) is 7.43. The Labute approximate surface area is 126 Å². The van der Waals surface area contributed by atoms with Gasteiger partial charge in [-0.15, -0.1) is 0 Å². The number of hydrogen-bond donors (Lipinski definition) is 3. The lowest BCUT2D eigenvalue weighted by Crippen LogP contribution is -2.36. The molecule has 6 nitrogen and oxygen atoms in total. The summed E-state index contributed by atoms with van der Waals surface area (Å²) in [4.78, 5) is 20.2. The molecule has 1 rings (SSSR count). The Morgan fingerprint density at radius 3 is 2.48 bits per heavy atom. The van der Waals surface area contributed by atoms with Crippen LogP contribution in [-0.2, 0) is 4.79 Å². The summed E-state index contributed by atoms with van der Waals surface area (Å²) in [6, 6.07) is 1.87. The van der Waals surface area contributed by atoms with E-state index in [0.29, 0.717) is 5.82 Å². The molecule has 0 bridgehead atoms. The summed E-state index contributed by atoms with van der Waals surface area (Å²) in [5, 5.41) is 6.54. The summed E-state index contributed by atoms with van der Waals surface area (Å²) in [5.41, 5.74) is 4.83. The van der Waals surface area contributed by atoms with Gasteiger partial charge in [-0.05, 0) is 20.3 Å². The number of rotatable bonds is 8. The van der Waals surface area contributed by atoms with E-state index in [-0.39, 0.29) is 18.2 Å². The predicted octanol–water partition coefficient (Wildman–Crippen LogP) is 2.49. The molecule has 0 saturated heterocycles. The van der Waals surface area contributed by atoms with Crippen LogP contribution in [0.2, 0.25) is 0 Å². The average Bonchev–Trinajstić information content (AvgIpc) is 2.33. The van der Waals surface area contributed by atoms with Gasteiger partial charge < -0.3 is 16.4 Å². The maximum atomic E-state index is 11.1. The van der Waals surface area contributed by atoms with Gasteiger partial charge in [0.15, 0.2) is 0 Å². The van der Waals surface area contributed by atoms with Crippen LogP contribution in [0.15, 0.2) is 6.07 Å². The molecule has 1 aromatic rings. The van der Waals surface area contributed by atoms with Crippen molar-refractivity contribution in [3.05, 3.63) is 11.9 Å². The molecule has 1 heterocycles. The Balaban J connectivity index is 2.99. The standard InChI is InChI=1S/C15H27N5O/c1-6-7-17-12-8-13(19-14(18-12)10(2)3)20-15(4,5)9-11(16)21/h8,10H,6-7,9H2,1-5H3,(H2,16,21)(H2,17,18,19,20). The van der Waals surface area contributed by atoms with E-state index in [1.54, 1.807) is 0 Å². The number of carbonyl (C=O) groups is 1. The third-order valence-electron chi connectivity index (χ3n) is 2.90. The Morgan fingerprint density at radius 2 is 1.95 bits per heavy atom. The van der Waals surface area contributed by atoms with Crippen molar-refractivity contribution in [1.29, 1.82) is 0 Å². The third-order valence-corrected chi connectivity index (χ3v) is 2.90. The van der Waals surface area contributed by atoms with E-state index in [1.165, 1.54) is 0 Å². The lowest BCUT2D eigenvalue weighted by molar-refractivity contribution is -0.118. The Hall–Kier alpha value is -1.85. The SMILES string of the molecule is CCCNc1cc(NC(C)(C)CC(N)=O)nc(C(C)C)n1. The minimum atomic E-state index is -0.448. The summed E-state index contributed by atoms with van der Waals surface area (Å²) >= 11 is 0. The summed E-state index contributed by atoms with van der Waals surface area (Å²) < 4.78 is 0. The van der Waals surface area contributed by atoms with E-state index in [2.05, 4.69) is 41.4 Å². The number of nitrogens with two attached hydrogens (primary N) is 1. The van der Waals surface area contributed by atoms with Gasteiger partial charge in [-0.2, -0.15) is 0 Å². The summed E-state index contributed by atoms with van der Waals surface area (Å²) in [5.74, 6) is 2.17. The highest BCUT2D eigenvalue weighted by atomic mass is 16.1. The number of amides is 1. The Bertz CT molecular complexity index is 485. The van der Waals surface area contributed by atoms with E-state index >= 15 is 0 Å². The molecule has 0 radical (unpaired) electrons. The maximum Gasteiger partial charge on any atom is 0.219 e. The van der Waals surface area contributed by atoms with Crippen LogP contribution in [-0.4, -0.2) is 28.0 Å². The largest absolute Gasteiger partial charge is 0.370 e. The smallest absolute Gasteiger partial charge is 0.219 e. The molecule has 0 aromatic carbocycles. The number of anilines is 2. The highest BCUT2D eigenvalue weighted by Crippen LogP contribution is 2.21. The average molecular weight is 293 g/mol. The van der Waals surface area contributed by atoms with Crippen molar-refractivity contribution in [2.24, 2.45) is 5.73 Å². The molecule has 21 heavy (non-hydrogen) atoms. The summed E-state index contributed by atoms with van der Waals surface area (Å²) in [6.07, 6.45) is 1.27. The van der Waals surface area contributed by atoms with Crippen molar-refractivity contribution >= 4 is 17.5 Å². The second kappa shape index (κ2) is 7.24. The van der Waals surface area contributed by atoms with Crippen LogP contribution in [0.25, 0.3) is 0 Å². The van der Waals surface area contributed by atoms with E-state index in [0.717, 1.165) is 24.6 Å². The molecule has 4 N–H and O–H groups in total. The van der Waals surface area contributed by atoms with Gasteiger partial charge in [0.25, 0.3) is 0 Å². The highest BCUT2D eigenvalue weighted by Gasteiger charge is 2.21. The fourth-order valence-corrected chi connectivity index (χ4v) is 1.96. The van der Waals surface area contributed by atoms with Crippen molar-refractivity contribution in [2.45, 2.75) is 58.9 Å². The molecule has 1 amide bonds. The van der Waals surface area contributed by atoms with Crippen molar-refractivity contribution in [1.82, 2.24) is 9.97 Å². The molecule has 0 aliphatic rings. The summed E-state index contributed by atoms with van der Waals surface area (Å²) in [7, 11) is 0. The van der Waals surface area contributed by atoms with Crippen molar-refractivity contribution in [3.63, 3.8) is 0 Å². The molecule has 118 valence electrons. The van der Waals surface area contributed by atoms with E-state index in [9.17, 15) is 4.79 Å². The number of nitrogens with one attached hydrogen (secondary N) is 2. The molecule has 0 aliphatic carbocycles. The van der Waals surface area contributed by atoms with Crippen LogP contribution in [0.4, 0.5) is 11.6 Å². The van der Waals surface area contributed by atoms with Crippen LogP contribution in [0, 0.1) is 0 Å². The zero-order valence-electron chi connectivity index (χ0n) is 13.7. The minimum absolute atomic E-state index is 0.230. The number of carbonyl (C=O) groups excluding carboxylic acids is 1. The van der Waals surface area contributed by atoms with Crippen LogP contribution >= 0.6 is 0 Å². The zero-order valence-corrected chi connectivity index (χ0v) is 13.7. The summed E-state index contributed by atoms with van der Waals surface area (Å²) in [6.45, 7) is 10.9. The highest BCUT2D eigenvalue weighted by molar-refractivity contribution is 5.75. The Morgan fingerprint density at radius 1 is 1.33 bits per heavy atom. The molecule has 1 aromatic heterocycles. The molecule has 0 aliphatic heterocycles. The van der Waals surface area contributed by atoms with Gasteiger partial charge in [0.2, 0.25) is 5.91 Å². The lowest BCUT2D eigenvalue weighted by Gasteiger charge is -2.26. The molecule has 0 atom stereocenters. The molecule has 0 unspecified atom stereocenters. The van der Waals surface area contributed by atoms with Gasteiger partial charge in [0, 0.05) is 30.5 Å². The predicted molar refractivity (Wildman–Crippen MR) is 86.4 cm³/mol. The van der Waals surface area contributed by atoms with Gasteiger partial charge in [-0.1, -0.05) is 20.8 Å². The Kier molecular flexibility index (Phi) is 5.93. The van der Waals surface area contributed by atoms with Gasteiger partial charge in [0.1, 0.15) is 17.5 Å². The minimum Gasteiger partial charge on any atom is -0.370 e. The van der Waals surface area contributed by atoms with Crippen LogP contribution in [0.3, 0.4) is 0 Å². The quantitative estimate of drug-likeness (QED) is 0.684. The van der Waals surface area contributed by atoms with Gasteiger partial charge in [-0.25, -0.2) is 9.97 Å². The second-order valence-electron chi connectivity index (χ2n) is 6.23. The normalized spacial score (nSPS) is 11.5. The van der Waals surface area contributed by atoms with Crippen molar-refractivity contribution in [3.8, 4) is 0 Å². The first-order chi connectivity index (χ1) is 9.73. The van der Waals surface area contributed by atoms with Crippen LogP contribution in [0.1, 0.15) is 59.2 Å². The van der Waals surface area contributed by atoms with Gasteiger partial charge in [-0.3, -0.25) is 4.79 Å². The van der Waals surface area contributed by atoms with Crippen molar-refractivity contribution in [2.75, 3.05) is 17.2 Å². The van der Waals surface area contributed by atoms with Gasteiger partial charge >= 0.3 is 0 Å². The van der Waals surface area contributed by atoms with Crippen LogP contribution in [0.5, 0.6) is 0 Å². The number of aromatic nitrogens is 2. The molecule has 6 heteroatoms. The van der Waals surface area contributed by atoms with E-state index in [4.69, 9.17) is 5.73 Å². The van der Waals surface area contributed by atoms with E-state index < -0.39 is 5.54 Å². The molecular formula is C15H27N5O. The fraction of sp³-hybridized carbons (Fsp3) is 0.667. The maximum absolute atomic E-state index is 11.1. The lowest BCUT2D eigenvalue weighted by atomic mass is 10.0. The van der Waals surface area contributed by atoms with Crippen molar-refractivity contribution < 1.29 is 4.79 Å². The first kappa shape index (κ1) is 17.2.